The van der Waals surface area contributed by atoms with Crippen LogP contribution >= 0.6 is 11.8 Å². The van der Waals surface area contributed by atoms with Crippen molar-refractivity contribution >= 4 is 29.0 Å². The summed E-state index contributed by atoms with van der Waals surface area (Å²) in [4.78, 5) is 13.1. The van der Waals surface area contributed by atoms with Crippen molar-refractivity contribution < 1.29 is 4.79 Å². The van der Waals surface area contributed by atoms with Crippen LogP contribution in [0, 0.1) is 6.92 Å². The predicted molar refractivity (Wildman–Crippen MR) is 80.5 cm³/mol. The van der Waals surface area contributed by atoms with Gasteiger partial charge in [0.1, 0.15) is 0 Å². The highest BCUT2D eigenvalue weighted by Gasteiger charge is 2.01. The van der Waals surface area contributed by atoms with E-state index in [1.54, 1.807) is 11.8 Å². The van der Waals surface area contributed by atoms with E-state index in [1.165, 1.54) is 6.92 Å². The van der Waals surface area contributed by atoms with E-state index < -0.39 is 0 Å². The smallest absolute Gasteiger partial charge is 0.221 e. The number of rotatable bonds is 3. The van der Waals surface area contributed by atoms with Gasteiger partial charge < -0.3 is 11.1 Å². The minimum Gasteiger partial charge on any atom is -0.398 e. The van der Waals surface area contributed by atoms with Crippen LogP contribution in [-0.4, -0.2) is 5.91 Å². The minimum absolute atomic E-state index is 0.0632. The standard InChI is InChI=1S/C15H16N2OS/c1-10-3-6-14(9-15(10)16)19-13-7-4-12(5-8-13)17-11(2)18/h3-9H,16H2,1-2H3,(H,17,18). The van der Waals surface area contributed by atoms with E-state index >= 15 is 0 Å². The van der Waals surface area contributed by atoms with Crippen molar-refractivity contribution in [1.82, 2.24) is 0 Å². The van der Waals surface area contributed by atoms with Crippen molar-refractivity contribution in [3.05, 3.63) is 48.0 Å². The normalized spacial score (nSPS) is 10.2. The number of aryl methyl sites for hydroxylation is 1. The lowest BCUT2D eigenvalue weighted by Crippen LogP contribution is -2.05. The Hall–Kier alpha value is -1.94. The lowest BCUT2D eigenvalue weighted by atomic mass is 10.2. The zero-order valence-corrected chi connectivity index (χ0v) is 11.8. The quantitative estimate of drug-likeness (QED) is 0.838. The number of amides is 1. The van der Waals surface area contributed by atoms with Crippen molar-refractivity contribution in [3.63, 3.8) is 0 Å². The molecule has 2 rings (SSSR count). The van der Waals surface area contributed by atoms with E-state index in [1.807, 2.05) is 43.3 Å². The molecule has 19 heavy (non-hydrogen) atoms. The zero-order chi connectivity index (χ0) is 13.8. The Kier molecular flexibility index (Phi) is 4.12. The highest BCUT2D eigenvalue weighted by molar-refractivity contribution is 7.99. The molecule has 0 saturated heterocycles. The Labute approximate surface area is 117 Å². The molecule has 98 valence electrons. The lowest BCUT2D eigenvalue weighted by molar-refractivity contribution is -0.114. The fourth-order valence-electron chi connectivity index (χ4n) is 1.63. The average Bonchev–Trinajstić information content (AvgIpc) is 2.36. The number of nitrogens with two attached hydrogens (primary N) is 1. The third kappa shape index (κ3) is 3.76. The third-order valence-corrected chi connectivity index (χ3v) is 3.66. The summed E-state index contributed by atoms with van der Waals surface area (Å²) in [5.41, 5.74) is 8.59. The van der Waals surface area contributed by atoms with Crippen LogP contribution in [0.4, 0.5) is 11.4 Å². The van der Waals surface area contributed by atoms with Gasteiger partial charge in [-0.05, 0) is 48.9 Å². The van der Waals surface area contributed by atoms with Crippen LogP contribution in [0.3, 0.4) is 0 Å². The van der Waals surface area contributed by atoms with Gasteiger partial charge in [-0.15, -0.1) is 0 Å². The molecule has 1 amide bonds. The van der Waals surface area contributed by atoms with Gasteiger partial charge in [0.2, 0.25) is 5.91 Å². The number of anilines is 2. The Morgan fingerprint density at radius 3 is 2.32 bits per heavy atom. The summed E-state index contributed by atoms with van der Waals surface area (Å²) in [5, 5.41) is 2.74. The Morgan fingerprint density at radius 2 is 1.74 bits per heavy atom. The van der Waals surface area contributed by atoms with Crippen LogP contribution in [-0.2, 0) is 4.79 Å². The van der Waals surface area contributed by atoms with Gasteiger partial charge in [0.25, 0.3) is 0 Å². The van der Waals surface area contributed by atoms with Gasteiger partial charge in [0.05, 0.1) is 0 Å². The first-order chi connectivity index (χ1) is 9.04. The molecule has 0 aliphatic rings. The minimum atomic E-state index is -0.0632. The second-order valence-corrected chi connectivity index (χ2v) is 5.47. The number of carbonyl (C=O) groups is 1. The van der Waals surface area contributed by atoms with Gasteiger partial charge in [-0.1, -0.05) is 17.8 Å². The van der Waals surface area contributed by atoms with Crippen LogP contribution in [0.5, 0.6) is 0 Å². The van der Waals surface area contributed by atoms with Gasteiger partial charge in [-0.3, -0.25) is 4.79 Å². The number of hydrogen-bond donors (Lipinski definition) is 2. The van der Waals surface area contributed by atoms with Crippen molar-refractivity contribution in [3.8, 4) is 0 Å². The number of nitrogens with one attached hydrogen (secondary N) is 1. The van der Waals surface area contributed by atoms with Crippen molar-refractivity contribution in [2.75, 3.05) is 11.1 Å². The van der Waals surface area contributed by atoms with Gasteiger partial charge in [0, 0.05) is 28.1 Å². The fraction of sp³-hybridized carbons (Fsp3) is 0.133. The maximum absolute atomic E-state index is 10.9. The molecule has 0 aliphatic heterocycles. The van der Waals surface area contributed by atoms with Gasteiger partial charge in [-0.2, -0.15) is 0 Å². The summed E-state index contributed by atoms with van der Waals surface area (Å²) >= 11 is 1.65. The summed E-state index contributed by atoms with van der Waals surface area (Å²) in [5.74, 6) is -0.0632. The molecule has 0 heterocycles. The van der Waals surface area contributed by atoms with Gasteiger partial charge >= 0.3 is 0 Å². The molecule has 4 heteroatoms. The molecular formula is C15H16N2OS. The maximum atomic E-state index is 10.9. The molecule has 0 bridgehead atoms. The Balaban J connectivity index is 2.10. The molecule has 2 aromatic carbocycles. The molecular weight excluding hydrogens is 256 g/mol. The second kappa shape index (κ2) is 5.80. The first kappa shape index (κ1) is 13.5. The lowest BCUT2D eigenvalue weighted by Gasteiger charge is -2.06. The first-order valence-corrected chi connectivity index (χ1v) is 6.78. The molecule has 0 unspecified atom stereocenters. The Bertz CT molecular complexity index is 594. The van der Waals surface area contributed by atoms with E-state index in [0.29, 0.717) is 0 Å². The molecule has 0 radical (unpaired) electrons. The molecule has 0 aliphatic carbocycles. The molecule has 0 spiro atoms. The number of nitrogen functional groups attached to an aromatic ring is 1. The average molecular weight is 272 g/mol. The predicted octanol–water partition coefficient (Wildman–Crippen LogP) is 3.69. The second-order valence-electron chi connectivity index (χ2n) is 4.33. The maximum Gasteiger partial charge on any atom is 0.221 e. The van der Waals surface area contributed by atoms with Crippen molar-refractivity contribution in [2.24, 2.45) is 0 Å². The van der Waals surface area contributed by atoms with E-state index in [-0.39, 0.29) is 5.91 Å². The SMILES string of the molecule is CC(=O)Nc1ccc(Sc2ccc(C)c(N)c2)cc1. The van der Waals surface area contributed by atoms with Gasteiger partial charge in [0.15, 0.2) is 0 Å². The molecule has 0 fully saturated rings. The summed E-state index contributed by atoms with van der Waals surface area (Å²) in [6.45, 7) is 3.49. The highest BCUT2D eigenvalue weighted by atomic mass is 32.2. The monoisotopic (exact) mass is 272 g/mol. The van der Waals surface area contributed by atoms with E-state index in [0.717, 1.165) is 26.7 Å². The molecule has 3 N–H and O–H groups in total. The molecule has 2 aromatic rings. The summed E-state index contributed by atoms with van der Waals surface area (Å²) in [7, 11) is 0. The van der Waals surface area contributed by atoms with Crippen molar-refractivity contribution in [1.29, 1.82) is 0 Å². The van der Waals surface area contributed by atoms with Crippen LogP contribution in [0.2, 0.25) is 0 Å². The number of carbonyl (C=O) groups excluding carboxylic acids is 1. The number of hydrogen-bond acceptors (Lipinski definition) is 3. The topological polar surface area (TPSA) is 55.1 Å². The highest BCUT2D eigenvalue weighted by Crippen LogP contribution is 2.30. The molecule has 3 nitrogen and oxygen atoms in total. The first-order valence-electron chi connectivity index (χ1n) is 5.96. The molecule has 0 saturated carbocycles. The summed E-state index contributed by atoms with van der Waals surface area (Å²) in [6, 6.07) is 13.8. The van der Waals surface area contributed by atoms with Gasteiger partial charge in [-0.25, -0.2) is 0 Å². The third-order valence-electron chi connectivity index (χ3n) is 2.66. The molecule has 0 aromatic heterocycles. The van der Waals surface area contributed by atoms with Crippen LogP contribution in [0.1, 0.15) is 12.5 Å². The zero-order valence-electron chi connectivity index (χ0n) is 10.9. The van der Waals surface area contributed by atoms with Crippen LogP contribution in [0.15, 0.2) is 52.3 Å². The molecule has 0 atom stereocenters. The van der Waals surface area contributed by atoms with E-state index in [2.05, 4.69) is 11.4 Å². The fourth-order valence-corrected chi connectivity index (χ4v) is 2.49. The van der Waals surface area contributed by atoms with E-state index in [9.17, 15) is 4.79 Å². The number of benzene rings is 2. The summed E-state index contributed by atoms with van der Waals surface area (Å²) in [6.07, 6.45) is 0. The Morgan fingerprint density at radius 1 is 1.11 bits per heavy atom. The van der Waals surface area contributed by atoms with E-state index in [4.69, 9.17) is 5.73 Å². The van der Waals surface area contributed by atoms with Crippen LogP contribution < -0.4 is 11.1 Å². The largest absolute Gasteiger partial charge is 0.398 e. The summed E-state index contributed by atoms with van der Waals surface area (Å²) < 4.78 is 0. The van der Waals surface area contributed by atoms with Crippen LogP contribution in [0.25, 0.3) is 0 Å². The van der Waals surface area contributed by atoms with Crippen molar-refractivity contribution in [2.45, 2.75) is 23.6 Å².